The van der Waals surface area contributed by atoms with Crippen LogP contribution in [0.2, 0.25) is 0 Å². The fraction of sp³-hybridized carbons (Fsp3) is 0.333. The van der Waals surface area contributed by atoms with E-state index in [4.69, 9.17) is 0 Å². The summed E-state index contributed by atoms with van der Waals surface area (Å²) in [6, 6.07) is -2.19. The van der Waals surface area contributed by atoms with Gasteiger partial charge in [-0.2, -0.15) is 13.2 Å². The lowest BCUT2D eigenvalue weighted by Crippen LogP contribution is -2.32. The minimum Gasteiger partial charge on any atom is -0.503 e. The summed E-state index contributed by atoms with van der Waals surface area (Å²) in [6.07, 6.45) is -0.315. The first-order valence-electron chi connectivity index (χ1n) is 5.66. The highest BCUT2D eigenvalue weighted by molar-refractivity contribution is 5.33. The van der Waals surface area contributed by atoms with E-state index < -0.39 is 29.0 Å². The molecule has 0 fully saturated rings. The maximum absolute atomic E-state index is 13.2. The second-order valence-corrected chi connectivity index (χ2v) is 4.41. The van der Waals surface area contributed by atoms with Crippen molar-refractivity contribution >= 4 is 0 Å². The number of pyridine rings is 1. The summed E-state index contributed by atoms with van der Waals surface area (Å²) in [4.78, 5) is 15.5. The van der Waals surface area contributed by atoms with Gasteiger partial charge >= 0.3 is 6.18 Å². The second-order valence-electron chi connectivity index (χ2n) is 4.41. The third-order valence-electron chi connectivity index (χ3n) is 3.11. The zero-order valence-corrected chi connectivity index (χ0v) is 10.7. The number of imidazole rings is 1. The molecule has 0 bridgehead atoms. The number of hydrogen-bond donors (Lipinski definition) is 1. The quantitative estimate of drug-likeness (QED) is 0.915. The Labute approximate surface area is 111 Å². The van der Waals surface area contributed by atoms with E-state index in [0.717, 1.165) is 23.3 Å². The number of aromatic nitrogens is 3. The summed E-state index contributed by atoms with van der Waals surface area (Å²) in [6.45, 7) is 1.44. The van der Waals surface area contributed by atoms with Crippen LogP contribution in [0.4, 0.5) is 13.2 Å². The number of alkyl halides is 3. The summed E-state index contributed by atoms with van der Waals surface area (Å²) in [7, 11) is 1.46. The Hall–Kier alpha value is -2.25. The van der Waals surface area contributed by atoms with Crippen LogP contribution >= 0.6 is 0 Å². The Bertz CT molecular complexity index is 674. The van der Waals surface area contributed by atoms with Crippen molar-refractivity contribution in [3.05, 3.63) is 46.4 Å². The Morgan fingerprint density at radius 3 is 2.55 bits per heavy atom. The van der Waals surface area contributed by atoms with Gasteiger partial charge in [0.15, 0.2) is 11.8 Å². The zero-order valence-electron chi connectivity index (χ0n) is 10.7. The van der Waals surface area contributed by atoms with Crippen molar-refractivity contribution in [1.29, 1.82) is 0 Å². The molecule has 0 aliphatic rings. The maximum Gasteiger partial charge on any atom is 0.413 e. The van der Waals surface area contributed by atoms with Crippen molar-refractivity contribution in [2.75, 3.05) is 0 Å². The van der Waals surface area contributed by atoms with E-state index >= 15 is 0 Å². The molecule has 1 atom stereocenters. The Kier molecular flexibility index (Phi) is 3.33. The van der Waals surface area contributed by atoms with Gasteiger partial charge in [-0.1, -0.05) is 0 Å². The summed E-state index contributed by atoms with van der Waals surface area (Å²) >= 11 is 0. The third kappa shape index (κ3) is 2.28. The average Bonchev–Trinajstić information content (AvgIpc) is 2.85. The lowest BCUT2D eigenvalue weighted by atomic mass is 10.1. The van der Waals surface area contributed by atoms with Crippen LogP contribution in [-0.2, 0) is 7.05 Å². The summed E-state index contributed by atoms with van der Waals surface area (Å²) in [5.41, 5.74) is -1.39. The molecule has 2 rings (SSSR count). The Balaban J connectivity index is 2.72. The molecule has 108 valence electrons. The van der Waals surface area contributed by atoms with Crippen LogP contribution in [0.3, 0.4) is 0 Å². The Morgan fingerprint density at radius 1 is 1.40 bits per heavy atom. The van der Waals surface area contributed by atoms with Crippen LogP contribution in [0.15, 0.2) is 29.7 Å². The van der Waals surface area contributed by atoms with E-state index in [2.05, 4.69) is 4.98 Å². The molecule has 8 heteroatoms. The van der Waals surface area contributed by atoms with Gasteiger partial charge in [-0.05, 0) is 6.92 Å². The fourth-order valence-corrected chi connectivity index (χ4v) is 1.96. The van der Waals surface area contributed by atoms with Crippen LogP contribution in [0.5, 0.6) is 5.75 Å². The molecule has 0 aliphatic carbocycles. The van der Waals surface area contributed by atoms with Gasteiger partial charge in [0.2, 0.25) is 5.43 Å². The average molecular weight is 287 g/mol. The zero-order chi connectivity index (χ0) is 15.1. The van der Waals surface area contributed by atoms with Crippen LogP contribution in [0, 0.1) is 6.92 Å². The first-order valence-corrected chi connectivity index (χ1v) is 5.66. The van der Waals surface area contributed by atoms with Crippen LogP contribution < -0.4 is 5.43 Å². The monoisotopic (exact) mass is 287 g/mol. The van der Waals surface area contributed by atoms with Gasteiger partial charge in [0.05, 0.1) is 17.6 Å². The molecule has 0 aliphatic heterocycles. The standard InChI is InChI=1S/C12H12F3N3O2/c1-7-9(19)10(20)8(5-17(7)2)11(12(13,14)15)18-4-3-16-6-18/h3-6,11,19H,1-2H3. The van der Waals surface area contributed by atoms with Gasteiger partial charge < -0.3 is 14.2 Å². The number of aromatic hydroxyl groups is 1. The molecule has 0 spiro atoms. The maximum atomic E-state index is 13.2. The topological polar surface area (TPSA) is 60.0 Å². The predicted octanol–water partition coefficient (Wildman–Crippen LogP) is 1.75. The van der Waals surface area contributed by atoms with E-state index in [1.165, 1.54) is 24.7 Å². The fourth-order valence-electron chi connectivity index (χ4n) is 1.96. The van der Waals surface area contributed by atoms with Gasteiger partial charge in [0.1, 0.15) is 0 Å². The molecule has 0 amide bonds. The molecular formula is C12H12F3N3O2. The first-order chi connectivity index (χ1) is 9.23. The molecule has 0 saturated heterocycles. The minimum atomic E-state index is -4.69. The molecule has 2 heterocycles. The first kappa shape index (κ1) is 14.2. The van der Waals surface area contributed by atoms with Gasteiger partial charge in [-0.25, -0.2) is 4.98 Å². The highest BCUT2D eigenvalue weighted by Crippen LogP contribution is 2.35. The van der Waals surface area contributed by atoms with Crippen molar-refractivity contribution in [2.24, 2.45) is 7.05 Å². The number of halogens is 3. The lowest BCUT2D eigenvalue weighted by Gasteiger charge is -2.22. The van der Waals surface area contributed by atoms with Gasteiger partial charge in [0, 0.05) is 25.6 Å². The number of rotatable bonds is 2. The van der Waals surface area contributed by atoms with E-state index in [1.54, 1.807) is 0 Å². The predicted molar refractivity (Wildman–Crippen MR) is 64.5 cm³/mol. The smallest absolute Gasteiger partial charge is 0.413 e. The van der Waals surface area contributed by atoms with Crippen LogP contribution in [0.25, 0.3) is 0 Å². The normalized spacial score (nSPS) is 13.4. The molecule has 5 nitrogen and oxygen atoms in total. The summed E-state index contributed by atoms with van der Waals surface area (Å²) < 4.78 is 41.8. The van der Waals surface area contributed by atoms with Gasteiger partial charge in [-0.15, -0.1) is 0 Å². The van der Waals surface area contributed by atoms with Crippen LogP contribution in [-0.4, -0.2) is 25.4 Å². The third-order valence-corrected chi connectivity index (χ3v) is 3.11. The number of nitrogens with zero attached hydrogens (tertiary/aromatic N) is 3. The van der Waals surface area contributed by atoms with Gasteiger partial charge in [0.25, 0.3) is 0 Å². The number of hydrogen-bond acceptors (Lipinski definition) is 3. The highest BCUT2D eigenvalue weighted by atomic mass is 19.4. The molecule has 1 unspecified atom stereocenters. The number of aryl methyl sites for hydroxylation is 1. The van der Waals surface area contributed by atoms with E-state index in [-0.39, 0.29) is 5.69 Å². The molecule has 1 N–H and O–H groups in total. The van der Waals surface area contributed by atoms with Crippen molar-refractivity contribution in [2.45, 2.75) is 19.1 Å². The minimum absolute atomic E-state index is 0.199. The highest BCUT2D eigenvalue weighted by Gasteiger charge is 2.44. The van der Waals surface area contributed by atoms with Crippen LogP contribution in [0.1, 0.15) is 17.3 Å². The molecule has 20 heavy (non-hydrogen) atoms. The van der Waals surface area contributed by atoms with E-state index in [1.807, 2.05) is 0 Å². The van der Waals surface area contributed by atoms with Crippen molar-refractivity contribution in [1.82, 2.24) is 14.1 Å². The Morgan fingerprint density at radius 2 is 2.05 bits per heavy atom. The van der Waals surface area contributed by atoms with Crippen molar-refractivity contribution < 1.29 is 18.3 Å². The van der Waals surface area contributed by atoms with Crippen molar-refractivity contribution in [3.8, 4) is 5.75 Å². The lowest BCUT2D eigenvalue weighted by molar-refractivity contribution is -0.157. The second kappa shape index (κ2) is 4.69. The molecule has 2 aromatic rings. The molecule has 0 saturated carbocycles. The largest absolute Gasteiger partial charge is 0.503 e. The molecule has 2 aromatic heterocycles. The molecular weight excluding hydrogens is 275 g/mol. The van der Waals surface area contributed by atoms with E-state index in [0.29, 0.717) is 0 Å². The van der Waals surface area contributed by atoms with Crippen molar-refractivity contribution in [3.63, 3.8) is 0 Å². The van der Waals surface area contributed by atoms with Gasteiger partial charge in [-0.3, -0.25) is 4.79 Å². The summed E-state index contributed by atoms with van der Waals surface area (Å²) in [5.74, 6) is -0.681. The SMILES string of the molecule is Cc1c(O)c(=O)c(C(n2ccnc2)C(F)(F)F)cn1C. The molecule has 0 aromatic carbocycles. The van der Waals surface area contributed by atoms with E-state index in [9.17, 15) is 23.1 Å². The summed E-state index contributed by atoms with van der Waals surface area (Å²) in [5, 5.41) is 9.65. The molecule has 0 radical (unpaired) electrons.